The van der Waals surface area contributed by atoms with Crippen LogP contribution in [0.3, 0.4) is 0 Å². The Bertz CT molecular complexity index is 1430. The maximum absolute atomic E-state index is 12.9. The molecule has 9 nitrogen and oxygen atoms in total. The fourth-order valence-corrected chi connectivity index (χ4v) is 4.90. The molecule has 0 atom stereocenters. The summed E-state index contributed by atoms with van der Waals surface area (Å²) in [5, 5.41) is 14.6. The second kappa shape index (κ2) is 9.57. The highest BCUT2D eigenvalue weighted by molar-refractivity contribution is 7.92. The van der Waals surface area contributed by atoms with Gasteiger partial charge in [0.1, 0.15) is 17.3 Å². The quantitative estimate of drug-likeness (QED) is 0.306. The highest BCUT2D eigenvalue weighted by atomic mass is 32.2. The predicted octanol–water partition coefficient (Wildman–Crippen LogP) is 4.41. The molecule has 0 aliphatic carbocycles. The van der Waals surface area contributed by atoms with Crippen LogP contribution in [-0.2, 0) is 21.2 Å². The summed E-state index contributed by atoms with van der Waals surface area (Å²) in [5.41, 5.74) is 0.654. The Labute approximate surface area is 200 Å². The van der Waals surface area contributed by atoms with Crippen molar-refractivity contribution in [1.82, 2.24) is 4.98 Å². The van der Waals surface area contributed by atoms with Crippen LogP contribution in [-0.4, -0.2) is 31.5 Å². The number of para-hydroxylation sites is 2. The van der Waals surface area contributed by atoms with Gasteiger partial charge in [-0.05, 0) is 48.7 Å². The minimum Gasteiger partial charge on any atom is -0.506 e. The number of nitrogens with zero attached hydrogens (tertiary/aromatic N) is 1. The summed E-state index contributed by atoms with van der Waals surface area (Å²) in [6, 6.07) is 13.9. The smallest absolute Gasteiger partial charge is 0.262 e. The van der Waals surface area contributed by atoms with Crippen LogP contribution in [0.25, 0.3) is 10.8 Å². The summed E-state index contributed by atoms with van der Waals surface area (Å²) in [6.45, 7) is 1.71. The van der Waals surface area contributed by atoms with Crippen LogP contribution in [0.15, 0.2) is 69.3 Å². The molecule has 0 spiro atoms. The first-order chi connectivity index (χ1) is 16.3. The summed E-state index contributed by atoms with van der Waals surface area (Å²) in [7, 11) is -2.60. The number of phenolic OH excluding ortho intramolecular Hbond substituents is 1. The molecule has 0 radical (unpaired) electrons. The van der Waals surface area contributed by atoms with Crippen LogP contribution in [0.1, 0.15) is 11.5 Å². The molecular formula is C23H21N3O6S2. The molecule has 11 heteroatoms. The molecule has 34 heavy (non-hydrogen) atoms. The number of aromatic nitrogens is 1. The average Bonchev–Trinajstić information content (AvgIpc) is 3.45. The van der Waals surface area contributed by atoms with E-state index < -0.39 is 15.9 Å². The summed E-state index contributed by atoms with van der Waals surface area (Å²) >= 11 is 1.47. The standard InChI is InChI=1S/C23H21N3O6S2/c1-14-17(25-23(32-14)21-8-5-11-33-21)13-22(28)24-18-12-15(9-10-19(18)27)34(29,30)26-16-6-3-4-7-20(16)31-2/h3-12,26-27H,13H2,1-2H3,(H,24,28). The topological polar surface area (TPSA) is 131 Å². The number of nitrogens with one attached hydrogen (secondary N) is 2. The van der Waals surface area contributed by atoms with E-state index in [4.69, 9.17) is 9.15 Å². The van der Waals surface area contributed by atoms with E-state index in [-0.39, 0.29) is 28.4 Å². The molecule has 2 aromatic carbocycles. The van der Waals surface area contributed by atoms with Crippen molar-refractivity contribution in [1.29, 1.82) is 0 Å². The van der Waals surface area contributed by atoms with E-state index in [9.17, 15) is 18.3 Å². The van der Waals surface area contributed by atoms with Crippen LogP contribution >= 0.6 is 11.3 Å². The van der Waals surface area contributed by atoms with Crippen molar-refractivity contribution >= 4 is 38.6 Å². The second-order valence-corrected chi connectivity index (χ2v) is 9.84. The summed E-state index contributed by atoms with van der Waals surface area (Å²) in [5.74, 6) is 0.509. The molecule has 3 N–H and O–H groups in total. The van der Waals surface area contributed by atoms with Gasteiger partial charge in [-0.15, -0.1) is 11.3 Å². The zero-order valence-electron chi connectivity index (χ0n) is 18.2. The maximum Gasteiger partial charge on any atom is 0.262 e. The maximum atomic E-state index is 12.9. The number of benzene rings is 2. The number of thiophene rings is 1. The van der Waals surface area contributed by atoms with E-state index in [2.05, 4.69) is 15.0 Å². The Morgan fingerprint density at radius 1 is 1.15 bits per heavy atom. The SMILES string of the molecule is COc1ccccc1NS(=O)(=O)c1ccc(O)c(NC(=O)Cc2nc(-c3cccs3)oc2C)c1. The number of aromatic hydroxyl groups is 1. The monoisotopic (exact) mass is 499 g/mol. The van der Waals surface area contributed by atoms with Gasteiger partial charge in [0.15, 0.2) is 0 Å². The Morgan fingerprint density at radius 3 is 2.68 bits per heavy atom. The summed E-state index contributed by atoms with van der Waals surface area (Å²) in [6.07, 6.45) is -0.114. The molecule has 0 fully saturated rings. The molecule has 4 rings (SSSR count). The third-order valence-corrected chi connectivity index (χ3v) is 7.08. The second-order valence-electron chi connectivity index (χ2n) is 7.21. The van der Waals surface area contributed by atoms with Crippen molar-refractivity contribution in [3.63, 3.8) is 0 Å². The number of oxazole rings is 1. The van der Waals surface area contributed by atoms with Gasteiger partial charge >= 0.3 is 0 Å². The number of rotatable bonds is 8. The van der Waals surface area contributed by atoms with Gasteiger partial charge in [-0.25, -0.2) is 13.4 Å². The van der Waals surface area contributed by atoms with Crippen molar-refractivity contribution in [3.05, 3.63) is 71.4 Å². The van der Waals surface area contributed by atoms with E-state index >= 15 is 0 Å². The third-order valence-electron chi connectivity index (χ3n) is 4.86. The number of methoxy groups -OCH3 is 1. The molecular weight excluding hydrogens is 478 g/mol. The molecule has 4 aromatic rings. The van der Waals surface area contributed by atoms with Crippen LogP contribution < -0.4 is 14.8 Å². The summed E-state index contributed by atoms with van der Waals surface area (Å²) in [4.78, 5) is 17.7. The normalized spacial score (nSPS) is 11.2. The third kappa shape index (κ3) is 5.05. The molecule has 1 amide bonds. The molecule has 0 saturated carbocycles. The van der Waals surface area contributed by atoms with Gasteiger partial charge in [0, 0.05) is 0 Å². The highest BCUT2D eigenvalue weighted by Gasteiger charge is 2.20. The largest absolute Gasteiger partial charge is 0.506 e. The lowest BCUT2D eigenvalue weighted by atomic mass is 10.2. The summed E-state index contributed by atoms with van der Waals surface area (Å²) < 4.78 is 39.0. The molecule has 2 aromatic heterocycles. The zero-order chi connectivity index (χ0) is 24.3. The van der Waals surface area contributed by atoms with Crippen molar-refractivity contribution in [2.24, 2.45) is 0 Å². The van der Waals surface area contributed by atoms with Gasteiger partial charge in [0.05, 0.1) is 40.4 Å². The Balaban J connectivity index is 1.52. The molecule has 0 unspecified atom stereocenters. The van der Waals surface area contributed by atoms with Gasteiger partial charge in [-0.1, -0.05) is 18.2 Å². The van der Waals surface area contributed by atoms with E-state index in [1.54, 1.807) is 31.2 Å². The minimum atomic E-state index is -4.03. The lowest BCUT2D eigenvalue weighted by Crippen LogP contribution is -2.17. The Kier molecular flexibility index (Phi) is 6.57. The number of anilines is 2. The van der Waals surface area contributed by atoms with E-state index in [1.807, 2.05) is 17.5 Å². The Morgan fingerprint density at radius 2 is 1.94 bits per heavy atom. The first kappa shape index (κ1) is 23.3. The van der Waals surface area contributed by atoms with Gasteiger partial charge in [0.25, 0.3) is 10.0 Å². The predicted molar refractivity (Wildman–Crippen MR) is 129 cm³/mol. The van der Waals surface area contributed by atoms with Crippen LogP contribution in [0.2, 0.25) is 0 Å². The number of hydrogen-bond acceptors (Lipinski definition) is 8. The first-order valence-electron chi connectivity index (χ1n) is 10.1. The number of carbonyl (C=O) groups excluding carboxylic acids is 1. The molecule has 176 valence electrons. The van der Waals surface area contributed by atoms with Crippen molar-refractivity contribution in [2.45, 2.75) is 18.2 Å². The number of ether oxygens (including phenoxy) is 1. The molecule has 2 heterocycles. The highest BCUT2D eigenvalue weighted by Crippen LogP contribution is 2.31. The fraction of sp³-hybridized carbons (Fsp3) is 0.130. The van der Waals surface area contributed by atoms with Gasteiger partial charge in [-0.3, -0.25) is 9.52 Å². The fourth-order valence-electron chi connectivity index (χ4n) is 3.16. The Hall–Kier alpha value is -3.83. The lowest BCUT2D eigenvalue weighted by molar-refractivity contribution is -0.115. The number of phenols is 1. The van der Waals surface area contributed by atoms with Crippen LogP contribution in [0, 0.1) is 6.92 Å². The first-order valence-corrected chi connectivity index (χ1v) is 12.4. The number of carbonyl (C=O) groups is 1. The number of hydrogen-bond donors (Lipinski definition) is 3. The van der Waals surface area contributed by atoms with Crippen molar-refractivity contribution < 1.29 is 27.5 Å². The van der Waals surface area contributed by atoms with Crippen LogP contribution in [0.5, 0.6) is 11.5 Å². The van der Waals surface area contributed by atoms with E-state index in [0.29, 0.717) is 23.1 Å². The molecule has 0 bridgehead atoms. The minimum absolute atomic E-state index is 0.0486. The number of amides is 1. The average molecular weight is 500 g/mol. The van der Waals surface area contributed by atoms with Gasteiger partial charge < -0.3 is 19.6 Å². The number of sulfonamides is 1. The van der Waals surface area contributed by atoms with E-state index in [0.717, 1.165) is 4.88 Å². The van der Waals surface area contributed by atoms with Gasteiger partial charge in [-0.2, -0.15) is 0 Å². The number of aryl methyl sites for hydroxylation is 1. The van der Waals surface area contributed by atoms with E-state index in [1.165, 1.54) is 36.6 Å². The molecule has 0 aliphatic heterocycles. The molecule has 0 saturated heterocycles. The zero-order valence-corrected chi connectivity index (χ0v) is 19.9. The van der Waals surface area contributed by atoms with Crippen molar-refractivity contribution in [3.8, 4) is 22.3 Å². The van der Waals surface area contributed by atoms with Crippen LogP contribution in [0.4, 0.5) is 11.4 Å². The van der Waals surface area contributed by atoms with Crippen molar-refractivity contribution in [2.75, 3.05) is 17.1 Å². The lowest BCUT2D eigenvalue weighted by Gasteiger charge is -2.13. The van der Waals surface area contributed by atoms with Gasteiger partial charge in [0.2, 0.25) is 11.8 Å². The molecule has 0 aliphatic rings.